The van der Waals surface area contributed by atoms with Crippen molar-refractivity contribution in [2.24, 2.45) is 0 Å². The summed E-state index contributed by atoms with van der Waals surface area (Å²) < 4.78 is 27.7. The van der Waals surface area contributed by atoms with Crippen LogP contribution in [0, 0.1) is 11.6 Å². The van der Waals surface area contributed by atoms with Gasteiger partial charge in [-0.1, -0.05) is 28.1 Å². The van der Waals surface area contributed by atoms with Crippen molar-refractivity contribution in [2.45, 2.75) is 11.8 Å². The van der Waals surface area contributed by atoms with Crippen molar-refractivity contribution in [3.63, 3.8) is 0 Å². The Labute approximate surface area is 125 Å². The lowest BCUT2D eigenvalue weighted by Crippen LogP contribution is -2.58. The highest BCUT2D eigenvalue weighted by atomic mass is 79.9. The SMILES string of the molecule is Fc1cc(F)cc(CC2(c3cccc(Br)c3)CNC2)c1. The topological polar surface area (TPSA) is 12.0 Å². The Morgan fingerprint density at radius 1 is 1.05 bits per heavy atom. The zero-order valence-corrected chi connectivity index (χ0v) is 12.4. The van der Waals surface area contributed by atoms with E-state index in [-0.39, 0.29) is 5.41 Å². The average molecular weight is 338 g/mol. The number of benzene rings is 2. The molecule has 1 aliphatic heterocycles. The minimum Gasteiger partial charge on any atom is -0.315 e. The number of rotatable bonds is 3. The molecule has 20 heavy (non-hydrogen) atoms. The smallest absolute Gasteiger partial charge is 0.126 e. The van der Waals surface area contributed by atoms with Gasteiger partial charge >= 0.3 is 0 Å². The minimum absolute atomic E-state index is 0.0794. The van der Waals surface area contributed by atoms with Crippen LogP contribution in [-0.2, 0) is 11.8 Å². The first-order chi connectivity index (χ1) is 9.57. The monoisotopic (exact) mass is 337 g/mol. The van der Waals surface area contributed by atoms with E-state index >= 15 is 0 Å². The van der Waals surface area contributed by atoms with Crippen LogP contribution >= 0.6 is 15.9 Å². The van der Waals surface area contributed by atoms with Crippen LogP contribution in [0.15, 0.2) is 46.9 Å². The van der Waals surface area contributed by atoms with Crippen LogP contribution in [0.25, 0.3) is 0 Å². The van der Waals surface area contributed by atoms with Crippen molar-refractivity contribution in [2.75, 3.05) is 13.1 Å². The molecule has 0 radical (unpaired) electrons. The predicted molar refractivity (Wildman–Crippen MR) is 78.8 cm³/mol. The Hall–Kier alpha value is -1.26. The molecule has 4 heteroatoms. The van der Waals surface area contributed by atoms with E-state index in [1.54, 1.807) is 0 Å². The van der Waals surface area contributed by atoms with Crippen LogP contribution in [0.5, 0.6) is 0 Å². The average Bonchev–Trinajstić information content (AvgIpc) is 2.32. The Kier molecular flexibility index (Phi) is 3.61. The van der Waals surface area contributed by atoms with Gasteiger partial charge in [0.05, 0.1) is 0 Å². The highest BCUT2D eigenvalue weighted by molar-refractivity contribution is 9.10. The molecule has 0 amide bonds. The second-order valence-electron chi connectivity index (χ2n) is 5.35. The van der Waals surface area contributed by atoms with Crippen molar-refractivity contribution in [1.29, 1.82) is 0 Å². The molecule has 1 saturated heterocycles. The molecule has 1 N–H and O–H groups in total. The zero-order valence-electron chi connectivity index (χ0n) is 10.8. The Balaban J connectivity index is 1.93. The van der Waals surface area contributed by atoms with Crippen LogP contribution in [-0.4, -0.2) is 13.1 Å². The number of nitrogens with one attached hydrogen (secondary N) is 1. The highest BCUT2D eigenvalue weighted by Gasteiger charge is 2.38. The summed E-state index contributed by atoms with van der Waals surface area (Å²) in [6.45, 7) is 1.64. The molecular weight excluding hydrogens is 324 g/mol. The number of hydrogen-bond acceptors (Lipinski definition) is 1. The Morgan fingerprint density at radius 3 is 2.30 bits per heavy atom. The van der Waals surface area contributed by atoms with E-state index in [9.17, 15) is 8.78 Å². The molecule has 0 aromatic heterocycles. The molecule has 3 rings (SSSR count). The Morgan fingerprint density at radius 2 is 1.75 bits per heavy atom. The third kappa shape index (κ3) is 2.63. The predicted octanol–water partition coefficient (Wildman–Crippen LogP) is 3.81. The first-order valence-electron chi connectivity index (χ1n) is 6.49. The fraction of sp³-hybridized carbons (Fsp3) is 0.250. The van der Waals surface area contributed by atoms with Gasteiger partial charge in [0.2, 0.25) is 0 Å². The standard InChI is InChI=1S/C16H14BrF2N/c17-13-3-1-2-12(6-13)16(9-20-10-16)8-11-4-14(18)7-15(19)5-11/h1-7,20H,8-10H2. The van der Waals surface area contributed by atoms with Crippen molar-refractivity contribution >= 4 is 15.9 Å². The summed E-state index contributed by atoms with van der Waals surface area (Å²) in [4.78, 5) is 0. The molecule has 2 aromatic rings. The van der Waals surface area contributed by atoms with Gasteiger partial charge in [0.15, 0.2) is 0 Å². The Bertz CT molecular complexity index is 618. The first kappa shape index (κ1) is 13.7. The highest BCUT2D eigenvalue weighted by Crippen LogP contribution is 2.34. The molecule has 1 nitrogen and oxygen atoms in total. The number of hydrogen-bond donors (Lipinski definition) is 1. The van der Waals surface area contributed by atoms with E-state index in [1.807, 2.05) is 12.1 Å². The summed E-state index contributed by atoms with van der Waals surface area (Å²) in [5, 5.41) is 3.27. The van der Waals surface area contributed by atoms with Crippen LogP contribution in [0.1, 0.15) is 11.1 Å². The van der Waals surface area contributed by atoms with E-state index < -0.39 is 11.6 Å². The molecule has 1 fully saturated rings. The third-order valence-corrected chi connectivity index (χ3v) is 4.32. The van der Waals surface area contributed by atoms with Gasteiger partial charge in [-0.15, -0.1) is 0 Å². The molecule has 0 aliphatic carbocycles. The van der Waals surface area contributed by atoms with Crippen molar-refractivity contribution in [3.8, 4) is 0 Å². The third-order valence-electron chi connectivity index (χ3n) is 3.83. The lowest BCUT2D eigenvalue weighted by molar-refractivity contribution is 0.274. The minimum atomic E-state index is -0.517. The molecule has 1 aliphatic rings. The summed E-state index contributed by atoms with van der Waals surface area (Å²) >= 11 is 3.48. The van der Waals surface area contributed by atoms with Crippen LogP contribution in [0.2, 0.25) is 0 Å². The van der Waals surface area contributed by atoms with E-state index in [1.165, 1.54) is 17.7 Å². The normalized spacial score (nSPS) is 16.8. The van der Waals surface area contributed by atoms with Gasteiger partial charge in [-0.2, -0.15) is 0 Å². The second-order valence-corrected chi connectivity index (χ2v) is 6.26. The van der Waals surface area contributed by atoms with Gasteiger partial charge in [-0.3, -0.25) is 0 Å². The molecule has 1 heterocycles. The maximum Gasteiger partial charge on any atom is 0.126 e. The molecule has 0 unspecified atom stereocenters. The maximum absolute atomic E-state index is 13.3. The van der Waals surface area contributed by atoms with E-state index in [4.69, 9.17) is 0 Å². The molecule has 0 spiro atoms. The maximum atomic E-state index is 13.3. The number of halogens is 3. The van der Waals surface area contributed by atoms with Crippen molar-refractivity contribution < 1.29 is 8.78 Å². The van der Waals surface area contributed by atoms with Crippen LogP contribution < -0.4 is 5.32 Å². The molecule has 0 bridgehead atoms. The summed E-state index contributed by atoms with van der Waals surface area (Å²) in [7, 11) is 0. The first-order valence-corrected chi connectivity index (χ1v) is 7.28. The molecule has 104 valence electrons. The lowest BCUT2D eigenvalue weighted by atomic mass is 9.71. The summed E-state index contributed by atoms with van der Waals surface area (Å²) in [6, 6.07) is 11.9. The largest absolute Gasteiger partial charge is 0.315 e. The fourth-order valence-electron chi connectivity index (χ4n) is 2.78. The summed E-state index contributed by atoms with van der Waals surface area (Å²) in [5.74, 6) is -1.03. The fourth-order valence-corrected chi connectivity index (χ4v) is 3.18. The summed E-state index contributed by atoms with van der Waals surface area (Å²) in [6.07, 6.45) is 0.630. The summed E-state index contributed by atoms with van der Waals surface area (Å²) in [5.41, 5.74) is 1.81. The van der Waals surface area contributed by atoms with E-state index in [0.29, 0.717) is 12.0 Å². The molecular formula is C16H14BrF2N. The van der Waals surface area contributed by atoms with E-state index in [2.05, 4.69) is 33.4 Å². The van der Waals surface area contributed by atoms with Gasteiger partial charge in [0.1, 0.15) is 11.6 Å². The van der Waals surface area contributed by atoms with Gasteiger partial charge in [0.25, 0.3) is 0 Å². The second kappa shape index (κ2) is 5.26. The molecule has 0 saturated carbocycles. The van der Waals surface area contributed by atoms with Crippen molar-refractivity contribution in [1.82, 2.24) is 5.32 Å². The van der Waals surface area contributed by atoms with E-state index in [0.717, 1.165) is 23.6 Å². The van der Waals surface area contributed by atoms with Crippen LogP contribution in [0.4, 0.5) is 8.78 Å². The van der Waals surface area contributed by atoms with Gasteiger partial charge in [-0.05, 0) is 41.8 Å². The van der Waals surface area contributed by atoms with Crippen LogP contribution in [0.3, 0.4) is 0 Å². The molecule has 2 aromatic carbocycles. The van der Waals surface area contributed by atoms with Gasteiger partial charge in [0, 0.05) is 29.0 Å². The molecule has 0 atom stereocenters. The zero-order chi connectivity index (χ0) is 14.2. The quantitative estimate of drug-likeness (QED) is 0.897. The lowest BCUT2D eigenvalue weighted by Gasteiger charge is -2.43. The van der Waals surface area contributed by atoms with Gasteiger partial charge in [-0.25, -0.2) is 8.78 Å². The van der Waals surface area contributed by atoms with Gasteiger partial charge < -0.3 is 5.32 Å². The van der Waals surface area contributed by atoms with Crippen molar-refractivity contribution in [3.05, 3.63) is 69.7 Å².